The van der Waals surface area contributed by atoms with Crippen molar-refractivity contribution in [3.05, 3.63) is 59.7 Å². The summed E-state index contributed by atoms with van der Waals surface area (Å²) in [7, 11) is 0. The number of benzene rings is 2. The van der Waals surface area contributed by atoms with Gasteiger partial charge in [-0.15, -0.1) is 0 Å². The number of fused-ring (bicyclic) bond motifs is 3. The van der Waals surface area contributed by atoms with E-state index in [1.807, 2.05) is 24.3 Å². The smallest absolute Gasteiger partial charge is 0.407 e. The quantitative estimate of drug-likeness (QED) is 0.0255. The number of guanidine groups is 1. The van der Waals surface area contributed by atoms with Crippen molar-refractivity contribution in [3.8, 4) is 11.1 Å². The van der Waals surface area contributed by atoms with Crippen LogP contribution in [0.25, 0.3) is 11.1 Å². The van der Waals surface area contributed by atoms with E-state index in [1.165, 1.54) is 135 Å². The average Bonchev–Trinajstić information content (AvgIpc) is 3.60. The van der Waals surface area contributed by atoms with Gasteiger partial charge in [0.15, 0.2) is 5.96 Å². The Morgan fingerprint density at radius 1 is 0.629 bits per heavy atom. The van der Waals surface area contributed by atoms with Gasteiger partial charge in [-0.25, -0.2) is 4.79 Å². The van der Waals surface area contributed by atoms with E-state index in [0.717, 1.165) is 41.5 Å². The van der Waals surface area contributed by atoms with Gasteiger partial charge in [-0.2, -0.15) is 0 Å². The first-order valence-electron chi connectivity index (χ1n) is 25.1. The highest BCUT2D eigenvalue weighted by Crippen LogP contribution is 2.44. The molecule has 0 spiro atoms. The number of hydrogen-bond donors (Lipinski definition) is 5. The predicted molar refractivity (Wildman–Crippen MR) is 257 cm³/mol. The lowest BCUT2D eigenvalue weighted by molar-refractivity contribution is -0.124. The van der Waals surface area contributed by atoms with E-state index >= 15 is 0 Å². The van der Waals surface area contributed by atoms with Crippen LogP contribution >= 0.6 is 0 Å². The molecule has 10 nitrogen and oxygen atoms in total. The summed E-state index contributed by atoms with van der Waals surface area (Å²) in [5.41, 5.74) is 10.1. The largest absolute Gasteiger partial charge is 0.449 e. The van der Waals surface area contributed by atoms with Crippen molar-refractivity contribution < 1.29 is 23.8 Å². The molecule has 1 aliphatic rings. The third kappa shape index (κ3) is 23.2. The van der Waals surface area contributed by atoms with Crippen LogP contribution in [0.2, 0.25) is 0 Å². The number of carbonyl (C=O) groups excluding carboxylic acids is 2. The Bertz CT molecular complexity index is 1430. The minimum Gasteiger partial charge on any atom is -0.449 e. The zero-order chi connectivity index (χ0) is 44.3. The standard InChI is InChI=1S/C52H87N5O5/c1-3-5-7-9-11-13-15-17-19-21-23-29-38-60-41-43(61-39-30-24-22-20-18-16-14-12-10-8-6-4-2)40-56-50(58)49(36-31-37-55-51(53)54)57-52(59)62-42-48-46-34-27-25-32-44(46)45-33-26-28-35-47(45)48/h25-28,32-35,43,48-49H,3-24,29-31,36-42H2,1-2H3,(H,56,58)(H,57,59)(H4,53,54,55)/t43?,49-/m0/s1. The fourth-order valence-electron chi connectivity index (χ4n) is 8.54. The van der Waals surface area contributed by atoms with Gasteiger partial charge in [0.25, 0.3) is 0 Å². The van der Waals surface area contributed by atoms with Crippen LogP contribution in [0.15, 0.2) is 48.5 Å². The Balaban J connectivity index is 1.45. The van der Waals surface area contributed by atoms with E-state index in [1.54, 1.807) is 0 Å². The van der Waals surface area contributed by atoms with E-state index in [-0.39, 0.29) is 37.0 Å². The van der Waals surface area contributed by atoms with Crippen LogP contribution in [0.3, 0.4) is 0 Å². The summed E-state index contributed by atoms with van der Waals surface area (Å²) >= 11 is 0. The molecule has 0 heterocycles. The highest BCUT2D eigenvalue weighted by atomic mass is 16.5. The van der Waals surface area contributed by atoms with Crippen LogP contribution in [0.1, 0.15) is 198 Å². The van der Waals surface area contributed by atoms with Gasteiger partial charge in [-0.3, -0.25) is 10.2 Å². The second-order valence-electron chi connectivity index (χ2n) is 17.6. The Morgan fingerprint density at radius 3 is 1.60 bits per heavy atom. The molecule has 2 aromatic carbocycles. The highest BCUT2D eigenvalue weighted by Gasteiger charge is 2.30. The van der Waals surface area contributed by atoms with Gasteiger partial charge >= 0.3 is 6.09 Å². The molecule has 0 bridgehead atoms. The molecule has 0 radical (unpaired) electrons. The first-order chi connectivity index (χ1) is 30.4. The summed E-state index contributed by atoms with van der Waals surface area (Å²) in [6.45, 7) is 7.09. The van der Waals surface area contributed by atoms with Crippen molar-refractivity contribution in [2.45, 2.75) is 199 Å². The minimum absolute atomic E-state index is 0.0851. The number of nitrogens with two attached hydrogens (primary N) is 1. The molecule has 2 aromatic rings. The summed E-state index contributed by atoms with van der Waals surface area (Å²) in [6, 6.07) is 15.6. The molecule has 350 valence electrons. The fraction of sp³-hybridized carbons (Fsp3) is 0.712. The maximum Gasteiger partial charge on any atom is 0.407 e. The van der Waals surface area contributed by atoms with Gasteiger partial charge in [0.2, 0.25) is 5.91 Å². The van der Waals surface area contributed by atoms with Gasteiger partial charge in [-0.1, -0.05) is 204 Å². The van der Waals surface area contributed by atoms with Gasteiger partial charge in [0.05, 0.1) is 12.7 Å². The average molecular weight is 862 g/mol. The van der Waals surface area contributed by atoms with E-state index in [4.69, 9.17) is 25.4 Å². The van der Waals surface area contributed by atoms with Crippen LogP contribution in [0, 0.1) is 5.41 Å². The zero-order valence-corrected chi connectivity index (χ0v) is 39.1. The summed E-state index contributed by atoms with van der Waals surface area (Å²) in [4.78, 5) is 27.0. The second-order valence-corrected chi connectivity index (χ2v) is 17.6. The molecule has 0 aliphatic heterocycles. The van der Waals surface area contributed by atoms with Gasteiger partial charge in [0, 0.05) is 32.2 Å². The summed E-state index contributed by atoms with van der Waals surface area (Å²) in [5, 5.41) is 16.2. The van der Waals surface area contributed by atoms with Gasteiger partial charge in [-0.05, 0) is 47.9 Å². The van der Waals surface area contributed by atoms with Crippen LogP contribution < -0.4 is 21.7 Å². The Labute approximate surface area is 376 Å². The number of unbranched alkanes of at least 4 members (excludes halogenated alkanes) is 22. The maximum atomic E-state index is 13.7. The van der Waals surface area contributed by atoms with E-state index in [0.29, 0.717) is 39.2 Å². The maximum absolute atomic E-state index is 13.7. The SMILES string of the molecule is CCCCCCCCCCCCCCOCC(CNC(=O)[C@H](CCCNC(=N)N)NC(=O)OCC1c2ccccc2-c2ccccc21)OCCCCCCCCCCCCCC. The van der Waals surface area contributed by atoms with Crippen molar-refractivity contribution in [1.29, 1.82) is 5.41 Å². The first-order valence-corrected chi connectivity index (χ1v) is 25.1. The predicted octanol–water partition coefficient (Wildman–Crippen LogP) is 12.1. The number of amides is 2. The number of nitrogens with one attached hydrogen (secondary N) is 4. The Hall–Kier alpha value is -3.63. The Morgan fingerprint density at radius 2 is 1.10 bits per heavy atom. The minimum atomic E-state index is -0.835. The molecule has 0 saturated carbocycles. The third-order valence-electron chi connectivity index (χ3n) is 12.2. The van der Waals surface area contributed by atoms with Crippen molar-refractivity contribution >= 4 is 18.0 Å². The molecule has 1 aliphatic carbocycles. The number of hydrogen-bond acceptors (Lipinski definition) is 6. The van der Waals surface area contributed by atoms with Crippen LogP contribution in [-0.4, -0.2) is 69.6 Å². The monoisotopic (exact) mass is 862 g/mol. The van der Waals surface area contributed by atoms with Gasteiger partial charge < -0.3 is 35.9 Å². The molecule has 10 heteroatoms. The molecular formula is C52H87N5O5. The molecule has 2 atom stereocenters. The van der Waals surface area contributed by atoms with Crippen LogP contribution in [-0.2, 0) is 19.0 Å². The summed E-state index contributed by atoms with van der Waals surface area (Å²) < 4.78 is 18.3. The molecule has 0 saturated heterocycles. The molecule has 0 fully saturated rings. The third-order valence-corrected chi connectivity index (χ3v) is 12.2. The highest BCUT2D eigenvalue weighted by molar-refractivity contribution is 5.85. The van der Waals surface area contributed by atoms with E-state index < -0.39 is 12.1 Å². The zero-order valence-electron chi connectivity index (χ0n) is 39.1. The van der Waals surface area contributed by atoms with Gasteiger partial charge in [0.1, 0.15) is 12.6 Å². The number of rotatable bonds is 39. The van der Waals surface area contributed by atoms with E-state index in [2.05, 4.69) is 54.1 Å². The number of ether oxygens (including phenoxy) is 3. The van der Waals surface area contributed by atoms with Crippen molar-refractivity contribution in [2.24, 2.45) is 5.73 Å². The number of carbonyl (C=O) groups is 2. The van der Waals surface area contributed by atoms with Crippen molar-refractivity contribution in [3.63, 3.8) is 0 Å². The van der Waals surface area contributed by atoms with Crippen LogP contribution in [0.5, 0.6) is 0 Å². The molecule has 6 N–H and O–H groups in total. The lowest BCUT2D eigenvalue weighted by Crippen LogP contribution is -2.49. The molecule has 3 rings (SSSR count). The van der Waals surface area contributed by atoms with Crippen molar-refractivity contribution in [2.75, 3.05) is 39.5 Å². The van der Waals surface area contributed by atoms with Crippen LogP contribution in [0.4, 0.5) is 4.79 Å². The summed E-state index contributed by atoms with van der Waals surface area (Å²) in [5.74, 6) is -0.522. The second kappa shape index (κ2) is 34.8. The lowest BCUT2D eigenvalue weighted by Gasteiger charge is -2.22. The molecule has 62 heavy (non-hydrogen) atoms. The van der Waals surface area contributed by atoms with E-state index in [9.17, 15) is 9.59 Å². The number of alkyl carbamates (subject to hydrolysis) is 1. The Kier molecular flexibility index (Phi) is 29.6. The molecule has 0 aromatic heterocycles. The summed E-state index contributed by atoms with van der Waals surface area (Å²) in [6.07, 6.45) is 30.9. The topological polar surface area (TPSA) is 148 Å². The first kappa shape index (κ1) is 52.7. The fourth-order valence-corrected chi connectivity index (χ4v) is 8.54. The lowest BCUT2D eigenvalue weighted by atomic mass is 9.98. The molecular weight excluding hydrogens is 775 g/mol. The normalized spacial score (nSPS) is 13.0. The molecule has 1 unspecified atom stereocenters. The van der Waals surface area contributed by atoms with Crippen molar-refractivity contribution in [1.82, 2.24) is 16.0 Å². The molecule has 2 amide bonds.